The van der Waals surface area contributed by atoms with E-state index in [1.807, 2.05) is 0 Å². The molecule has 0 aromatic rings. The summed E-state index contributed by atoms with van der Waals surface area (Å²) in [6, 6.07) is 0.451. The van der Waals surface area contributed by atoms with Crippen molar-refractivity contribution in [2.45, 2.75) is 52.6 Å². The van der Waals surface area contributed by atoms with Crippen molar-refractivity contribution < 1.29 is 9.47 Å². The molecular weight excluding hydrogens is 455 g/mol. The summed E-state index contributed by atoms with van der Waals surface area (Å²) >= 11 is 0. The van der Waals surface area contributed by atoms with Crippen molar-refractivity contribution >= 4 is 29.9 Å². The van der Waals surface area contributed by atoms with Gasteiger partial charge < -0.3 is 19.7 Å². The predicted octanol–water partition coefficient (Wildman–Crippen LogP) is 2.43. The number of hydrogen-bond donors (Lipinski definition) is 1. The smallest absolute Gasteiger partial charge is 0.194 e. The van der Waals surface area contributed by atoms with Crippen molar-refractivity contribution in [3.05, 3.63) is 0 Å². The van der Waals surface area contributed by atoms with Gasteiger partial charge in [-0.3, -0.25) is 9.89 Å². The van der Waals surface area contributed by atoms with Gasteiger partial charge in [-0.1, -0.05) is 13.8 Å². The molecule has 3 fully saturated rings. The quantitative estimate of drug-likeness (QED) is 0.362. The highest BCUT2D eigenvalue weighted by molar-refractivity contribution is 14.0. The summed E-state index contributed by atoms with van der Waals surface area (Å²) in [4.78, 5) is 10.1. The number of morpholine rings is 1. The highest BCUT2D eigenvalue weighted by atomic mass is 127. The van der Waals surface area contributed by atoms with Crippen LogP contribution in [-0.2, 0) is 9.47 Å². The molecule has 7 heteroatoms. The van der Waals surface area contributed by atoms with Gasteiger partial charge >= 0.3 is 0 Å². The molecule has 0 amide bonds. The van der Waals surface area contributed by atoms with Crippen LogP contribution in [0.1, 0.15) is 41.0 Å². The van der Waals surface area contributed by atoms with E-state index in [0.29, 0.717) is 17.4 Å². The van der Waals surface area contributed by atoms with Crippen molar-refractivity contribution in [3.8, 4) is 0 Å². The maximum absolute atomic E-state index is 5.69. The Balaban J connectivity index is 0.00000261. The fraction of sp³-hybridized carbons (Fsp3) is 0.950. The minimum absolute atomic E-state index is 0. The number of ether oxygens (including phenoxy) is 2. The molecule has 3 saturated heterocycles. The Morgan fingerprint density at radius 3 is 2.37 bits per heavy atom. The van der Waals surface area contributed by atoms with Crippen molar-refractivity contribution in [1.82, 2.24) is 15.1 Å². The zero-order valence-corrected chi connectivity index (χ0v) is 20.1. The molecule has 0 radical (unpaired) electrons. The molecular formula is C20H39IN4O2. The third-order valence-corrected chi connectivity index (χ3v) is 6.93. The average molecular weight is 494 g/mol. The first-order valence-corrected chi connectivity index (χ1v) is 10.3. The fourth-order valence-corrected chi connectivity index (χ4v) is 4.30. The monoisotopic (exact) mass is 494 g/mol. The van der Waals surface area contributed by atoms with Crippen LogP contribution in [0, 0.1) is 11.3 Å². The van der Waals surface area contributed by atoms with Crippen molar-refractivity contribution in [1.29, 1.82) is 0 Å². The van der Waals surface area contributed by atoms with E-state index in [0.717, 1.165) is 71.5 Å². The van der Waals surface area contributed by atoms with E-state index >= 15 is 0 Å². The Hall–Kier alpha value is -0.120. The SMILES string of the molecule is CCNC(=NCC(C1CCOC1)N1CCOCC1)N1CC(C)(C)C1(C)C.I. The molecule has 6 nitrogen and oxygen atoms in total. The van der Waals surface area contributed by atoms with Gasteiger partial charge in [-0.2, -0.15) is 0 Å². The van der Waals surface area contributed by atoms with Gasteiger partial charge in [0.25, 0.3) is 0 Å². The lowest BCUT2D eigenvalue weighted by molar-refractivity contribution is -0.0669. The van der Waals surface area contributed by atoms with Crippen molar-refractivity contribution in [2.75, 3.05) is 59.2 Å². The summed E-state index contributed by atoms with van der Waals surface area (Å²) in [5, 5.41) is 3.53. The van der Waals surface area contributed by atoms with Gasteiger partial charge in [-0.25, -0.2) is 0 Å². The predicted molar refractivity (Wildman–Crippen MR) is 121 cm³/mol. The standard InChI is InChI=1S/C20H38N4O2.HI/c1-6-21-18(24-15-19(2,3)20(24,4)5)22-13-17(16-7-10-26-14-16)23-8-11-25-12-9-23;/h16-17H,6-15H2,1-5H3,(H,21,22);1H. The van der Waals surface area contributed by atoms with Crippen LogP contribution in [-0.4, -0.2) is 86.5 Å². The second-order valence-corrected chi connectivity index (χ2v) is 9.06. The Kier molecular flexibility index (Phi) is 8.22. The molecule has 3 rings (SSSR count). The Morgan fingerprint density at radius 1 is 1.15 bits per heavy atom. The zero-order chi connectivity index (χ0) is 18.8. The summed E-state index contributed by atoms with van der Waals surface area (Å²) in [5.41, 5.74) is 0.436. The van der Waals surface area contributed by atoms with E-state index in [1.54, 1.807) is 0 Å². The van der Waals surface area contributed by atoms with Crippen LogP contribution in [0.2, 0.25) is 0 Å². The third kappa shape index (κ3) is 4.90. The Morgan fingerprint density at radius 2 is 1.85 bits per heavy atom. The zero-order valence-electron chi connectivity index (χ0n) is 17.8. The Labute approximate surface area is 182 Å². The largest absolute Gasteiger partial charge is 0.381 e. The summed E-state index contributed by atoms with van der Waals surface area (Å²) in [6.45, 7) is 19.7. The van der Waals surface area contributed by atoms with Crippen LogP contribution < -0.4 is 5.32 Å². The fourth-order valence-electron chi connectivity index (χ4n) is 4.30. The number of likely N-dealkylation sites (tertiary alicyclic amines) is 1. The molecule has 0 saturated carbocycles. The second kappa shape index (κ2) is 9.59. The van der Waals surface area contributed by atoms with E-state index < -0.39 is 0 Å². The van der Waals surface area contributed by atoms with Gasteiger partial charge in [0, 0.05) is 55.7 Å². The number of guanidine groups is 1. The maximum atomic E-state index is 5.69. The minimum atomic E-state index is 0. The number of halogens is 1. The lowest BCUT2D eigenvalue weighted by Crippen LogP contribution is -2.72. The molecule has 0 spiro atoms. The number of nitrogens with one attached hydrogen (secondary N) is 1. The molecule has 2 atom stereocenters. The highest BCUT2D eigenvalue weighted by Gasteiger charge is 2.53. The van der Waals surface area contributed by atoms with E-state index in [-0.39, 0.29) is 29.5 Å². The Bertz CT molecular complexity index is 500. The normalized spacial score (nSPS) is 29.0. The van der Waals surface area contributed by atoms with Gasteiger partial charge in [0.15, 0.2) is 5.96 Å². The molecule has 0 bridgehead atoms. The summed E-state index contributed by atoms with van der Waals surface area (Å²) in [6.07, 6.45) is 1.15. The molecule has 3 aliphatic rings. The lowest BCUT2D eigenvalue weighted by Gasteiger charge is -2.62. The second-order valence-electron chi connectivity index (χ2n) is 9.06. The van der Waals surface area contributed by atoms with Crippen molar-refractivity contribution in [2.24, 2.45) is 16.3 Å². The molecule has 3 heterocycles. The molecule has 158 valence electrons. The van der Waals surface area contributed by atoms with Gasteiger partial charge in [-0.05, 0) is 27.2 Å². The van der Waals surface area contributed by atoms with Crippen LogP contribution in [0.5, 0.6) is 0 Å². The van der Waals surface area contributed by atoms with Gasteiger partial charge in [0.2, 0.25) is 0 Å². The molecule has 0 aliphatic carbocycles. The minimum Gasteiger partial charge on any atom is -0.381 e. The first kappa shape index (κ1) is 23.2. The number of aliphatic imine (C=N–C) groups is 1. The van der Waals surface area contributed by atoms with E-state index in [2.05, 4.69) is 49.7 Å². The topological polar surface area (TPSA) is 49.3 Å². The molecule has 0 aromatic carbocycles. The number of hydrogen-bond acceptors (Lipinski definition) is 4. The van der Waals surface area contributed by atoms with Crippen LogP contribution in [0.15, 0.2) is 4.99 Å². The number of nitrogens with zero attached hydrogens (tertiary/aromatic N) is 3. The lowest BCUT2D eigenvalue weighted by atomic mass is 9.65. The maximum Gasteiger partial charge on any atom is 0.194 e. The molecule has 1 N–H and O–H groups in total. The molecule has 0 aromatic heterocycles. The average Bonchev–Trinajstić information content (AvgIpc) is 3.14. The van der Waals surface area contributed by atoms with Gasteiger partial charge in [0.05, 0.1) is 26.4 Å². The third-order valence-electron chi connectivity index (χ3n) is 6.93. The first-order chi connectivity index (χ1) is 12.4. The van der Waals surface area contributed by atoms with Gasteiger partial charge in [-0.15, -0.1) is 24.0 Å². The van der Waals surface area contributed by atoms with Crippen LogP contribution in [0.3, 0.4) is 0 Å². The molecule has 27 heavy (non-hydrogen) atoms. The number of rotatable bonds is 5. The van der Waals surface area contributed by atoms with Gasteiger partial charge in [0.1, 0.15) is 0 Å². The summed E-state index contributed by atoms with van der Waals surface area (Å²) < 4.78 is 11.3. The van der Waals surface area contributed by atoms with E-state index in [9.17, 15) is 0 Å². The van der Waals surface area contributed by atoms with E-state index in [1.165, 1.54) is 0 Å². The highest BCUT2D eigenvalue weighted by Crippen LogP contribution is 2.46. The first-order valence-electron chi connectivity index (χ1n) is 10.3. The van der Waals surface area contributed by atoms with E-state index in [4.69, 9.17) is 14.5 Å². The van der Waals surface area contributed by atoms with Crippen molar-refractivity contribution in [3.63, 3.8) is 0 Å². The summed E-state index contributed by atoms with van der Waals surface area (Å²) in [5.74, 6) is 1.65. The van der Waals surface area contributed by atoms with Crippen LogP contribution >= 0.6 is 24.0 Å². The van der Waals surface area contributed by atoms with Crippen LogP contribution in [0.25, 0.3) is 0 Å². The van der Waals surface area contributed by atoms with Crippen LogP contribution in [0.4, 0.5) is 0 Å². The molecule has 2 unspecified atom stereocenters. The summed E-state index contributed by atoms with van der Waals surface area (Å²) in [7, 11) is 0. The molecule has 3 aliphatic heterocycles.